The Morgan fingerprint density at radius 1 is 1.30 bits per heavy atom. The molecule has 3 atom stereocenters. The number of nitrogens with zero attached hydrogens (tertiary/aromatic N) is 1. The van der Waals surface area contributed by atoms with Crippen molar-refractivity contribution in [3.05, 3.63) is 0 Å². The van der Waals surface area contributed by atoms with Crippen LogP contribution in [-0.2, 0) is 19.1 Å². The number of rotatable bonds is 8. The third-order valence-electron chi connectivity index (χ3n) is 4.13. The molecule has 2 N–H and O–H groups in total. The number of aliphatic hydroxyl groups is 1. The molecule has 23 heavy (non-hydrogen) atoms. The quantitative estimate of drug-likeness (QED) is 0.502. The third-order valence-corrected chi connectivity index (χ3v) is 4.13. The Balaban J connectivity index is 2.64. The lowest BCUT2D eigenvalue weighted by Gasteiger charge is -2.24. The summed E-state index contributed by atoms with van der Waals surface area (Å²) in [5.41, 5.74) is 0. The van der Waals surface area contributed by atoms with Crippen LogP contribution in [0.5, 0.6) is 0 Å². The fraction of sp³-hybridized carbons (Fsp3) is 0.812. The van der Waals surface area contributed by atoms with Crippen molar-refractivity contribution in [3.63, 3.8) is 0 Å². The molecule has 132 valence electrons. The number of carbonyl (C=O) groups is 3. The van der Waals surface area contributed by atoms with Gasteiger partial charge in [0, 0.05) is 19.9 Å². The highest BCUT2D eigenvalue weighted by Crippen LogP contribution is 2.19. The highest BCUT2D eigenvalue weighted by Gasteiger charge is 2.38. The van der Waals surface area contributed by atoms with Crippen molar-refractivity contribution in [1.29, 1.82) is 0 Å². The Kier molecular flexibility index (Phi) is 8.02. The van der Waals surface area contributed by atoms with Crippen molar-refractivity contribution >= 4 is 17.8 Å². The summed E-state index contributed by atoms with van der Waals surface area (Å²) in [4.78, 5) is 37.1. The first-order valence-corrected chi connectivity index (χ1v) is 8.24. The van der Waals surface area contributed by atoms with Gasteiger partial charge in [0.1, 0.15) is 12.1 Å². The summed E-state index contributed by atoms with van der Waals surface area (Å²) in [6, 6.07) is -1.44. The van der Waals surface area contributed by atoms with Crippen molar-refractivity contribution in [2.45, 2.75) is 70.6 Å². The van der Waals surface area contributed by atoms with Crippen molar-refractivity contribution < 1.29 is 24.2 Å². The molecule has 7 heteroatoms. The number of β-amino-alcohol motifs (C(OH)–C–C–N with tert-alkyl or cyclic N) is 1. The predicted octanol–water partition coefficient (Wildman–Crippen LogP) is 0.596. The van der Waals surface area contributed by atoms with E-state index in [2.05, 4.69) is 12.2 Å². The Bertz CT molecular complexity index is 427. The molecule has 0 radical (unpaired) electrons. The first-order chi connectivity index (χ1) is 10.9. The Hall–Kier alpha value is -1.63. The van der Waals surface area contributed by atoms with Gasteiger partial charge in [0.15, 0.2) is 0 Å². The average Bonchev–Trinajstić information content (AvgIpc) is 2.91. The lowest BCUT2D eigenvalue weighted by atomic mass is 10.1. The minimum absolute atomic E-state index is 0.146. The van der Waals surface area contributed by atoms with E-state index in [0.29, 0.717) is 6.42 Å². The average molecular weight is 328 g/mol. The Labute approximate surface area is 137 Å². The molecule has 1 aliphatic rings. The maximum atomic E-state index is 12.4. The van der Waals surface area contributed by atoms with Gasteiger partial charge < -0.3 is 20.1 Å². The molecule has 0 unspecified atom stereocenters. The molecule has 7 nitrogen and oxygen atoms in total. The van der Waals surface area contributed by atoms with Crippen LogP contribution in [-0.4, -0.2) is 59.6 Å². The van der Waals surface area contributed by atoms with E-state index in [4.69, 9.17) is 4.74 Å². The first-order valence-electron chi connectivity index (χ1n) is 8.24. The lowest BCUT2D eigenvalue weighted by Crippen LogP contribution is -2.50. The number of ether oxygens (including phenoxy) is 1. The van der Waals surface area contributed by atoms with Gasteiger partial charge >= 0.3 is 5.97 Å². The van der Waals surface area contributed by atoms with Crippen LogP contribution in [0.25, 0.3) is 0 Å². The standard InChI is InChI=1S/C16H28N2O5/c1-4-5-6-7-8-13(16(22)23-3)17-15(21)14-9-12(20)10-18(14)11(2)19/h12-14,20H,4-10H2,1-3H3,(H,17,21)/t12-,13+,14+/m1/s1. The number of nitrogens with one attached hydrogen (secondary N) is 1. The van der Waals surface area contributed by atoms with Crippen molar-refractivity contribution in [2.75, 3.05) is 13.7 Å². The van der Waals surface area contributed by atoms with Gasteiger partial charge in [-0.2, -0.15) is 0 Å². The molecule has 1 aliphatic heterocycles. The van der Waals surface area contributed by atoms with Gasteiger partial charge in [-0.1, -0.05) is 32.6 Å². The van der Waals surface area contributed by atoms with Gasteiger partial charge in [0.25, 0.3) is 0 Å². The van der Waals surface area contributed by atoms with E-state index in [1.807, 2.05) is 0 Å². The summed E-state index contributed by atoms with van der Waals surface area (Å²) in [5, 5.41) is 12.4. The second-order valence-corrected chi connectivity index (χ2v) is 6.01. The summed E-state index contributed by atoms with van der Waals surface area (Å²) >= 11 is 0. The molecule has 0 aromatic rings. The molecule has 0 saturated carbocycles. The van der Waals surface area contributed by atoms with Crippen molar-refractivity contribution in [2.24, 2.45) is 0 Å². The normalized spacial score (nSPS) is 21.8. The second kappa shape index (κ2) is 9.50. The maximum Gasteiger partial charge on any atom is 0.328 e. The fourth-order valence-corrected chi connectivity index (χ4v) is 2.84. The molecule has 1 fully saturated rings. The fourth-order valence-electron chi connectivity index (χ4n) is 2.84. The summed E-state index contributed by atoms with van der Waals surface area (Å²) < 4.78 is 4.74. The van der Waals surface area contributed by atoms with E-state index in [1.165, 1.54) is 18.9 Å². The van der Waals surface area contributed by atoms with Crippen LogP contribution < -0.4 is 5.32 Å². The number of esters is 1. The zero-order valence-corrected chi connectivity index (χ0v) is 14.2. The summed E-state index contributed by atoms with van der Waals surface area (Å²) in [6.07, 6.45) is 3.95. The molecule has 1 saturated heterocycles. The number of carbonyl (C=O) groups excluding carboxylic acids is 3. The van der Waals surface area contributed by atoms with Gasteiger partial charge in [-0.25, -0.2) is 4.79 Å². The highest BCUT2D eigenvalue weighted by atomic mass is 16.5. The zero-order chi connectivity index (χ0) is 17.4. The van der Waals surface area contributed by atoms with Gasteiger partial charge in [-0.05, 0) is 6.42 Å². The number of hydrogen-bond acceptors (Lipinski definition) is 5. The smallest absolute Gasteiger partial charge is 0.328 e. The van der Waals surface area contributed by atoms with Crippen LogP contribution >= 0.6 is 0 Å². The molecular weight excluding hydrogens is 300 g/mol. The largest absolute Gasteiger partial charge is 0.467 e. The van der Waals surface area contributed by atoms with Crippen molar-refractivity contribution in [1.82, 2.24) is 10.2 Å². The van der Waals surface area contributed by atoms with Crippen LogP contribution in [0.4, 0.5) is 0 Å². The van der Waals surface area contributed by atoms with Gasteiger partial charge in [0.05, 0.1) is 13.2 Å². The molecule has 0 aromatic carbocycles. The number of likely N-dealkylation sites (tertiary alicyclic amines) is 1. The molecule has 0 spiro atoms. The first kappa shape index (κ1) is 19.4. The van der Waals surface area contributed by atoms with Crippen LogP contribution in [0.1, 0.15) is 52.4 Å². The number of methoxy groups -OCH3 is 1. The maximum absolute atomic E-state index is 12.4. The van der Waals surface area contributed by atoms with Crippen LogP contribution in [0, 0.1) is 0 Å². The SMILES string of the molecule is CCCCCC[C@H](NC(=O)[C@@H]1C[C@@H](O)CN1C(C)=O)C(=O)OC. The number of amides is 2. The van der Waals surface area contributed by atoms with Crippen LogP contribution in [0.2, 0.25) is 0 Å². The Morgan fingerprint density at radius 2 is 2.00 bits per heavy atom. The zero-order valence-electron chi connectivity index (χ0n) is 14.2. The number of hydrogen-bond donors (Lipinski definition) is 2. The molecular formula is C16H28N2O5. The van der Waals surface area contributed by atoms with E-state index < -0.39 is 30.1 Å². The molecule has 2 amide bonds. The number of unbranched alkanes of at least 4 members (excludes halogenated alkanes) is 3. The van der Waals surface area contributed by atoms with Gasteiger partial charge in [0.2, 0.25) is 11.8 Å². The Morgan fingerprint density at radius 3 is 2.57 bits per heavy atom. The lowest BCUT2D eigenvalue weighted by molar-refractivity contribution is -0.146. The van der Waals surface area contributed by atoms with Crippen LogP contribution in [0.3, 0.4) is 0 Å². The van der Waals surface area contributed by atoms with E-state index in [1.54, 1.807) is 0 Å². The topological polar surface area (TPSA) is 95.9 Å². The van der Waals surface area contributed by atoms with E-state index in [9.17, 15) is 19.5 Å². The molecule has 0 bridgehead atoms. The summed E-state index contributed by atoms with van der Waals surface area (Å²) in [5.74, 6) is -1.16. The second-order valence-electron chi connectivity index (χ2n) is 6.01. The summed E-state index contributed by atoms with van der Waals surface area (Å²) in [6.45, 7) is 3.61. The summed E-state index contributed by atoms with van der Waals surface area (Å²) in [7, 11) is 1.29. The van der Waals surface area contributed by atoms with Crippen molar-refractivity contribution in [3.8, 4) is 0 Å². The van der Waals surface area contributed by atoms with Gasteiger partial charge in [-0.15, -0.1) is 0 Å². The highest BCUT2D eigenvalue weighted by molar-refractivity contribution is 5.90. The molecule has 1 rings (SSSR count). The third kappa shape index (κ3) is 5.82. The number of aliphatic hydroxyl groups excluding tert-OH is 1. The molecule has 1 heterocycles. The van der Waals surface area contributed by atoms with Gasteiger partial charge in [-0.3, -0.25) is 9.59 Å². The van der Waals surface area contributed by atoms with E-state index in [0.717, 1.165) is 25.7 Å². The van der Waals surface area contributed by atoms with E-state index >= 15 is 0 Å². The minimum Gasteiger partial charge on any atom is -0.467 e. The monoisotopic (exact) mass is 328 g/mol. The predicted molar refractivity (Wildman–Crippen MR) is 84.5 cm³/mol. The molecule has 0 aromatic heterocycles. The van der Waals surface area contributed by atoms with E-state index in [-0.39, 0.29) is 18.9 Å². The minimum atomic E-state index is -0.731. The molecule has 0 aliphatic carbocycles. The van der Waals surface area contributed by atoms with Crippen LogP contribution in [0.15, 0.2) is 0 Å².